The van der Waals surface area contributed by atoms with Crippen molar-refractivity contribution in [1.29, 1.82) is 0 Å². The van der Waals surface area contributed by atoms with Crippen molar-refractivity contribution in [3.63, 3.8) is 0 Å². The van der Waals surface area contributed by atoms with E-state index in [1.54, 1.807) is 33.9 Å². The molecule has 2 fully saturated rings. The molecule has 3 heterocycles. The monoisotopic (exact) mass is 336 g/mol. The Labute approximate surface area is 141 Å². The van der Waals surface area contributed by atoms with Crippen LogP contribution in [-0.4, -0.2) is 83.0 Å². The average Bonchev–Trinajstić information content (AvgIpc) is 3.23. The fourth-order valence-electron chi connectivity index (χ4n) is 3.11. The minimum Gasteiger partial charge on any atom is -0.379 e. The summed E-state index contributed by atoms with van der Waals surface area (Å²) in [4.78, 5) is 28.4. The van der Waals surface area contributed by atoms with Crippen LogP contribution in [0.1, 0.15) is 23.7 Å². The number of hydrogen-bond acceptors (Lipinski definition) is 5. The van der Waals surface area contributed by atoms with Crippen LogP contribution in [0.25, 0.3) is 0 Å². The maximum atomic E-state index is 12.5. The normalized spacial score (nSPS) is 24.4. The van der Waals surface area contributed by atoms with Crippen molar-refractivity contribution >= 4 is 11.8 Å². The Morgan fingerprint density at radius 3 is 2.88 bits per heavy atom. The predicted molar refractivity (Wildman–Crippen MR) is 85.5 cm³/mol. The van der Waals surface area contributed by atoms with Crippen LogP contribution >= 0.6 is 0 Å². The van der Waals surface area contributed by atoms with Crippen molar-refractivity contribution in [1.82, 2.24) is 19.6 Å². The van der Waals surface area contributed by atoms with Crippen LogP contribution in [0.4, 0.5) is 0 Å². The molecule has 2 aliphatic rings. The van der Waals surface area contributed by atoms with Gasteiger partial charge in [0.1, 0.15) is 6.61 Å². The maximum absolute atomic E-state index is 12.5. The molecule has 132 valence electrons. The van der Waals surface area contributed by atoms with E-state index in [1.165, 1.54) is 0 Å². The van der Waals surface area contributed by atoms with Gasteiger partial charge in [-0.1, -0.05) is 0 Å². The summed E-state index contributed by atoms with van der Waals surface area (Å²) in [6.45, 7) is 4.88. The summed E-state index contributed by atoms with van der Waals surface area (Å²) in [5.74, 6) is -0.0655. The van der Waals surface area contributed by atoms with E-state index >= 15 is 0 Å². The molecule has 0 radical (unpaired) electrons. The summed E-state index contributed by atoms with van der Waals surface area (Å²) >= 11 is 0. The highest BCUT2D eigenvalue weighted by molar-refractivity contribution is 5.94. The molecular formula is C16H24N4O4. The van der Waals surface area contributed by atoms with Crippen LogP contribution in [0.5, 0.6) is 0 Å². The van der Waals surface area contributed by atoms with Gasteiger partial charge in [-0.2, -0.15) is 5.10 Å². The Hall–Kier alpha value is -1.93. The molecule has 2 saturated heterocycles. The highest BCUT2D eigenvalue weighted by Crippen LogP contribution is 2.15. The van der Waals surface area contributed by atoms with Crippen molar-refractivity contribution in [2.45, 2.75) is 25.5 Å². The molecule has 3 rings (SSSR count). The van der Waals surface area contributed by atoms with Crippen molar-refractivity contribution < 1.29 is 19.1 Å². The molecule has 2 amide bonds. The zero-order valence-electron chi connectivity index (χ0n) is 14.2. The predicted octanol–water partition coefficient (Wildman–Crippen LogP) is -0.101. The summed E-state index contributed by atoms with van der Waals surface area (Å²) in [7, 11) is 1.78. The topological polar surface area (TPSA) is 76.9 Å². The highest BCUT2D eigenvalue weighted by atomic mass is 16.5. The van der Waals surface area contributed by atoms with Crippen LogP contribution < -0.4 is 0 Å². The Kier molecular flexibility index (Phi) is 5.15. The lowest BCUT2D eigenvalue weighted by Crippen LogP contribution is -2.56. The fourth-order valence-corrected chi connectivity index (χ4v) is 3.11. The first-order valence-electron chi connectivity index (χ1n) is 8.31. The average molecular weight is 336 g/mol. The molecule has 0 bridgehead atoms. The molecule has 1 aromatic rings. The minimum absolute atomic E-state index is 0.0257. The molecule has 2 aliphatic heterocycles. The number of aromatic nitrogens is 2. The number of aryl methyl sites for hydroxylation is 1. The van der Waals surface area contributed by atoms with Crippen LogP contribution in [0.15, 0.2) is 12.4 Å². The first kappa shape index (κ1) is 16.9. The van der Waals surface area contributed by atoms with E-state index in [4.69, 9.17) is 9.47 Å². The molecule has 0 aliphatic carbocycles. The third-order valence-corrected chi connectivity index (χ3v) is 4.52. The number of hydrogen-bond donors (Lipinski definition) is 0. The lowest BCUT2D eigenvalue weighted by Gasteiger charge is -2.39. The summed E-state index contributed by atoms with van der Waals surface area (Å²) in [6, 6.07) is -0.0368. The van der Waals surface area contributed by atoms with Crippen molar-refractivity contribution in [2.24, 2.45) is 7.05 Å². The Morgan fingerprint density at radius 2 is 2.25 bits per heavy atom. The zero-order chi connectivity index (χ0) is 17.1. The smallest absolute Gasteiger partial charge is 0.257 e. The fraction of sp³-hybridized carbons (Fsp3) is 0.688. The van der Waals surface area contributed by atoms with E-state index in [-0.39, 0.29) is 30.6 Å². The summed E-state index contributed by atoms with van der Waals surface area (Å²) in [6.07, 6.45) is 4.16. The van der Waals surface area contributed by atoms with Gasteiger partial charge in [0.15, 0.2) is 0 Å². The van der Waals surface area contributed by atoms with Gasteiger partial charge in [-0.15, -0.1) is 0 Å². The van der Waals surface area contributed by atoms with Crippen molar-refractivity contribution in [3.05, 3.63) is 18.0 Å². The molecule has 0 N–H and O–H groups in total. The number of piperazine rings is 1. The van der Waals surface area contributed by atoms with E-state index in [1.807, 2.05) is 6.92 Å². The van der Waals surface area contributed by atoms with Gasteiger partial charge >= 0.3 is 0 Å². The lowest BCUT2D eigenvalue weighted by molar-refractivity contribution is -0.140. The maximum Gasteiger partial charge on any atom is 0.257 e. The second-order valence-corrected chi connectivity index (χ2v) is 6.39. The number of ether oxygens (including phenoxy) is 2. The molecular weight excluding hydrogens is 312 g/mol. The Morgan fingerprint density at radius 1 is 1.42 bits per heavy atom. The largest absolute Gasteiger partial charge is 0.379 e. The standard InChI is InChI=1S/C16H24N4O4/c1-12-8-19(15(21)11-24-14-3-6-23-10-14)4-5-20(12)16(22)13-7-17-18(2)9-13/h7,9,12,14H,3-6,8,10-11H2,1-2H3/t12-,14?/m0/s1. The lowest BCUT2D eigenvalue weighted by atomic mass is 10.1. The molecule has 0 spiro atoms. The summed E-state index contributed by atoms with van der Waals surface area (Å²) in [5, 5.41) is 4.04. The number of carbonyl (C=O) groups is 2. The van der Waals surface area contributed by atoms with Crippen LogP contribution in [0.2, 0.25) is 0 Å². The second kappa shape index (κ2) is 7.31. The molecule has 1 aromatic heterocycles. The van der Waals surface area contributed by atoms with Crippen LogP contribution in [0.3, 0.4) is 0 Å². The highest BCUT2D eigenvalue weighted by Gasteiger charge is 2.31. The van der Waals surface area contributed by atoms with E-state index in [9.17, 15) is 9.59 Å². The first-order valence-corrected chi connectivity index (χ1v) is 8.31. The van der Waals surface area contributed by atoms with E-state index in [0.29, 0.717) is 38.4 Å². The Balaban J connectivity index is 1.50. The zero-order valence-corrected chi connectivity index (χ0v) is 14.2. The number of rotatable bonds is 4. The van der Waals surface area contributed by atoms with E-state index in [0.717, 1.165) is 6.42 Å². The number of nitrogens with zero attached hydrogens (tertiary/aromatic N) is 4. The molecule has 8 nitrogen and oxygen atoms in total. The molecule has 24 heavy (non-hydrogen) atoms. The minimum atomic E-state index is -0.0398. The van der Waals surface area contributed by atoms with Gasteiger partial charge in [-0.25, -0.2) is 0 Å². The third kappa shape index (κ3) is 3.76. The molecule has 0 saturated carbocycles. The van der Waals surface area contributed by atoms with Gasteiger partial charge in [0, 0.05) is 45.5 Å². The number of amides is 2. The van der Waals surface area contributed by atoms with Gasteiger partial charge in [0.05, 0.1) is 24.5 Å². The molecule has 8 heteroatoms. The number of carbonyl (C=O) groups excluding carboxylic acids is 2. The SMILES string of the molecule is C[C@H]1CN(C(=O)COC2CCOC2)CCN1C(=O)c1cnn(C)c1. The summed E-state index contributed by atoms with van der Waals surface area (Å²) < 4.78 is 12.4. The van der Waals surface area contributed by atoms with Gasteiger partial charge in [0.25, 0.3) is 5.91 Å². The first-order chi connectivity index (χ1) is 11.5. The van der Waals surface area contributed by atoms with Crippen LogP contribution in [0, 0.1) is 0 Å². The van der Waals surface area contributed by atoms with Gasteiger partial charge < -0.3 is 19.3 Å². The summed E-state index contributed by atoms with van der Waals surface area (Å²) in [5.41, 5.74) is 0.577. The van der Waals surface area contributed by atoms with Gasteiger partial charge in [-0.3, -0.25) is 14.3 Å². The van der Waals surface area contributed by atoms with E-state index in [2.05, 4.69) is 5.10 Å². The quantitative estimate of drug-likeness (QED) is 0.767. The van der Waals surface area contributed by atoms with Gasteiger partial charge in [-0.05, 0) is 13.3 Å². The van der Waals surface area contributed by atoms with Crippen LogP contribution in [-0.2, 0) is 21.3 Å². The van der Waals surface area contributed by atoms with E-state index < -0.39 is 0 Å². The molecule has 1 unspecified atom stereocenters. The third-order valence-electron chi connectivity index (χ3n) is 4.52. The second-order valence-electron chi connectivity index (χ2n) is 6.39. The Bertz CT molecular complexity index is 597. The molecule has 0 aromatic carbocycles. The van der Waals surface area contributed by atoms with Gasteiger partial charge in [0.2, 0.25) is 5.91 Å². The molecule has 2 atom stereocenters. The van der Waals surface area contributed by atoms with Crippen molar-refractivity contribution in [3.8, 4) is 0 Å². The van der Waals surface area contributed by atoms with Crippen molar-refractivity contribution in [2.75, 3.05) is 39.5 Å².